The molecule has 0 bridgehead atoms. The van der Waals surface area contributed by atoms with Crippen LogP contribution in [-0.2, 0) is 0 Å². The minimum Gasteiger partial charge on any atom is -0.393 e. The van der Waals surface area contributed by atoms with Crippen molar-refractivity contribution in [3.05, 3.63) is 11.6 Å². The third-order valence-electron chi connectivity index (χ3n) is 9.75. The van der Waals surface area contributed by atoms with E-state index in [1.54, 1.807) is 5.57 Å². The third-order valence-corrected chi connectivity index (χ3v) is 9.75. The second-order valence-corrected chi connectivity index (χ2v) is 12.4. The second kappa shape index (κ2) is 8.68. The maximum absolute atomic E-state index is 10.2. The van der Waals surface area contributed by atoms with Crippen LogP contribution in [0.4, 0.5) is 0 Å². The fourth-order valence-electron chi connectivity index (χ4n) is 8.10. The normalized spacial score (nSPS) is 44.0. The Morgan fingerprint density at radius 1 is 1.00 bits per heavy atom. The molecule has 0 saturated heterocycles. The summed E-state index contributed by atoms with van der Waals surface area (Å²) in [7, 11) is 0. The van der Waals surface area contributed by atoms with Gasteiger partial charge in [0.05, 0.1) is 6.10 Å². The van der Waals surface area contributed by atoms with Gasteiger partial charge in [0.15, 0.2) is 0 Å². The first-order valence-corrected chi connectivity index (χ1v) is 13.0. The SMILES string of the molecule is CC.CC(C)(C)CCCC1CCC2C3CC=C4CC(O)CCC4(C)C3CCC12C. The van der Waals surface area contributed by atoms with Crippen molar-refractivity contribution in [2.24, 2.45) is 39.9 Å². The van der Waals surface area contributed by atoms with Crippen molar-refractivity contribution >= 4 is 0 Å². The molecular formula is C28H50O. The second-order valence-electron chi connectivity index (χ2n) is 12.4. The average molecular weight is 403 g/mol. The number of aliphatic hydroxyl groups is 1. The van der Waals surface area contributed by atoms with E-state index in [0.29, 0.717) is 16.2 Å². The van der Waals surface area contributed by atoms with Gasteiger partial charge in [-0.25, -0.2) is 0 Å². The van der Waals surface area contributed by atoms with Crippen LogP contribution < -0.4 is 0 Å². The molecule has 0 aromatic carbocycles. The Morgan fingerprint density at radius 2 is 1.72 bits per heavy atom. The van der Waals surface area contributed by atoms with E-state index >= 15 is 0 Å². The van der Waals surface area contributed by atoms with Crippen molar-refractivity contribution in [2.45, 2.75) is 125 Å². The van der Waals surface area contributed by atoms with Crippen molar-refractivity contribution in [3.63, 3.8) is 0 Å². The molecule has 4 aliphatic carbocycles. The number of hydrogen-bond donors (Lipinski definition) is 1. The molecule has 168 valence electrons. The molecule has 7 atom stereocenters. The van der Waals surface area contributed by atoms with Crippen LogP contribution in [-0.4, -0.2) is 11.2 Å². The van der Waals surface area contributed by atoms with Crippen LogP contribution in [0.15, 0.2) is 11.6 Å². The zero-order valence-corrected chi connectivity index (χ0v) is 20.7. The van der Waals surface area contributed by atoms with Crippen molar-refractivity contribution < 1.29 is 5.11 Å². The molecule has 0 spiro atoms. The molecular weight excluding hydrogens is 352 g/mol. The highest BCUT2D eigenvalue weighted by Gasteiger charge is 2.58. The molecule has 0 amide bonds. The van der Waals surface area contributed by atoms with E-state index in [9.17, 15) is 5.11 Å². The Labute approximate surface area is 182 Å². The molecule has 0 aliphatic heterocycles. The smallest absolute Gasteiger partial charge is 0.0577 e. The largest absolute Gasteiger partial charge is 0.393 e. The molecule has 4 aliphatic rings. The maximum atomic E-state index is 10.2. The number of hydrogen-bond acceptors (Lipinski definition) is 1. The molecule has 1 heteroatoms. The summed E-state index contributed by atoms with van der Waals surface area (Å²) in [6, 6.07) is 0. The van der Waals surface area contributed by atoms with Gasteiger partial charge < -0.3 is 5.11 Å². The molecule has 0 aromatic heterocycles. The van der Waals surface area contributed by atoms with Crippen molar-refractivity contribution in [2.75, 3.05) is 0 Å². The Hall–Kier alpha value is -0.300. The monoisotopic (exact) mass is 402 g/mol. The van der Waals surface area contributed by atoms with Crippen LogP contribution in [0.1, 0.15) is 119 Å². The Morgan fingerprint density at radius 3 is 2.41 bits per heavy atom. The lowest BCUT2D eigenvalue weighted by Crippen LogP contribution is -2.50. The highest BCUT2D eigenvalue weighted by Crippen LogP contribution is 2.66. The third kappa shape index (κ3) is 4.37. The summed E-state index contributed by atoms with van der Waals surface area (Å²) in [4.78, 5) is 0. The zero-order chi connectivity index (χ0) is 21.4. The number of allylic oxidation sites excluding steroid dienone is 1. The van der Waals surface area contributed by atoms with Crippen LogP contribution in [0.2, 0.25) is 0 Å². The molecule has 29 heavy (non-hydrogen) atoms. The van der Waals surface area contributed by atoms with Gasteiger partial charge in [0.25, 0.3) is 0 Å². The van der Waals surface area contributed by atoms with Gasteiger partial charge >= 0.3 is 0 Å². The van der Waals surface area contributed by atoms with Gasteiger partial charge in [-0.05, 0) is 104 Å². The standard InChI is InChI=1S/C26H44O.C2H6/c1-24(2,3)14-6-7-18-9-11-22-21-10-8-19-17-20(27)12-15-26(19,5)23(21)13-16-25(18,22)4;1-2/h8,18,20-23,27H,6-7,9-17H2,1-5H3;1-2H3. The zero-order valence-electron chi connectivity index (χ0n) is 20.7. The van der Waals surface area contributed by atoms with E-state index in [2.05, 4.69) is 40.7 Å². The van der Waals surface area contributed by atoms with Crippen LogP contribution in [0.3, 0.4) is 0 Å². The number of aliphatic hydroxyl groups excluding tert-OH is 1. The Balaban J connectivity index is 0.00000117. The summed E-state index contributed by atoms with van der Waals surface area (Å²) in [6.07, 6.45) is 17.2. The quantitative estimate of drug-likeness (QED) is 0.472. The predicted molar refractivity (Wildman–Crippen MR) is 126 cm³/mol. The molecule has 4 rings (SSSR count). The van der Waals surface area contributed by atoms with Crippen LogP contribution in [0, 0.1) is 39.9 Å². The summed E-state index contributed by atoms with van der Waals surface area (Å²) in [5, 5.41) is 10.2. The molecule has 0 aromatic rings. The van der Waals surface area contributed by atoms with Gasteiger partial charge in [-0.1, -0.05) is 66.5 Å². The summed E-state index contributed by atoms with van der Waals surface area (Å²) in [6.45, 7) is 16.4. The first kappa shape index (κ1) is 23.4. The molecule has 1 N–H and O–H groups in total. The van der Waals surface area contributed by atoms with E-state index in [-0.39, 0.29) is 6.10 Å². The molecule has 7 unspecified atom stereocenters. The Kier molecular flexibility index (Phi) is 6.99. The molecule has 0 radical (unpaired) electrons. The summed E-state index contributed by atoms with van der Waals surface area (Å²) >= 11 is 0. The van der Waals surface area contributed by atoms with Crippen molar-refractivity contribution in [1.82, 2.24) is 0 Å². The topological polar surface area (TPSA) is 20.2 Å². The minimum atomic E-state index is -0.0755. The lowest BCUT2D eigenvalue weighted by molar-refractivity contribution is -0.0510. The number of rotatable bonds is 3. The lowest BCUT2D eigenvalue weighted by Gasteiger charge is -2.58. The van der Waals surface area contributed by atoms with Gasteiger partial charge in [-0.2, -0.15) is 0 Å². The molecule has 1 nitrogen and oxygen atoms in total. The fraction of sp³-hybridized carbons (Fsp3) is 0.929. The lowest BCUT2D eigenvalue weighted by atomic mass is 9.47. The van der Waals surface area contributed by atoms with Crippen LogP contribution in [0.25, 0.3) is 0 Å². The van der Waals surface area contributed by atoms with Gasteiger partial charge in [0.1, 0.15) is 0 Å². The van der Waals surface area contributed by atoms with Gasteiger partial charge in [0.2, 0.25) is 0 Å². The van der Waals surface area contributed by atoms with E-state index in [0.717, 1.165) is 36.5 Å². The molecule has 3 saturated carbocycles. The summed E-state index contributed by atoms with van der Waals surface area (Å²) in [5.41, 5.74) is 3.11. The van der Waals surface area contributed by atoms with E-state index in [1.165, 1.54) is 57.8 Å². The van der Waals surface area contributed by atoms with Crippen LogP contribution in [0.5, 0.6) is 0 Å². The van der Waals surface area contributed by atoms with Crippen molar-refractivity contribution in [3.8, 4) is 0 Å². The van der Waals surface area contributed by atoms with Gasteiger partial charge in [0, 0.05) is 0 Å². The highest BCUT2D eigenvalue weighted by atomic mass is 16.3. The highest BCUT2D eigenvalue weighted by molar-refractivity contribution is 5.25. The number of fused-ring (bicyclic) bond motifs is 5. The maximum Gasteiger partial charge on any atom is 0.0577 e. The first-order valence-electron chi connectivity index (χ1n) is 13.0. The average Bonchev–Trinajstić information content (AvgIpc) is 3.00. The van der Waals surface area contributed by atoms with Gasteiger partial charge in [-0.15, -0.1) is 0 Å². The Bertz CT molecular complexity index is 584. The van der Waals surface area contributed by atoms with E-state index in [4.69, 9.17) is 0 Å². The first-order chi connectivity index (χ1) is 13.6. The van der Waals surface area contributed by atoms with Crippen LogP contribution >= 0.6 is 0 Å². The fourth-order valence-corrected chi connectivity index (χ4v) is 8.10. The summed E-state index contributed by atoms with van der Waals surface area (Å²) in [5.74, 6) is 3.73. The van der Waals surface area contributed by atoms with E-state index < -0.39 is 0 Å². The predicted octanol–water partition coefficient (Wildman–Crippen LogP) is 8.17. The molecule has 0 heterocycles. The van der Waals surface area contributed by atoms with Gasteiger partial charge in [-0.3, -0.25) is 0 Å². The van der Waals surface area contributed by atoms with E-state index in [1.807, 2.05) is 13.8 Å². The molecule has 3 fully saturated rings. The minimum absolute atomic E-state index is 0.0755. The summed E-state index contributed by atoms with van der Waals surface area (Å²) < 4.78 is 0. The van der Waals surface area contributed by atoms with Crippen molar-refractivity contribution in [1.29, 1.82) is 0 Å².